The molecule has 66 heavy (non-hydrogen) atoms. The third kappa shape index (κ3) is 14.1. The first-order chi connectivity index (χ1) is 30.6. The molecule has 0 atom stereocenters. The van der Waals surface area contributed by atoms with Crippen LogP contribution in [-0.4, -0.2) is 150 Å². The molecule has 0 amide bonds. The Morgan fingerprint density at radius 1 is 0.636 bits per heavy atom. The maximum atomic E-state index is 13.5. The van der Waals surface area contributed by atoms with Crippen molar-refractivity contribution in [2.24, 2.45) is 0 Å². The zero-order chi connectivity index (χ0) is 47.7. The van der Waals surface area contributed by atoms with E-state index in [1.807, 2.05) is 34.1 Å². The summed E-state index contributed by atoms with van der Waals surface area (Å²) >= 11 is 0. The lowest BCUT2D eigenvalue weighted by molar-refractivity contribution is 0.282. The molecule has 2 aliphatic heterocycles. The molecule has 0 aliphatic carbocycles. The number of methoxy groups -OCH3 is 2. The molecule has 2 saturated heterocycles. The molecule has 2 fully saturated rings. The number of halogens is 1. The number of aliphatic hydroxyl groups excluding tert-OH is 1. The predicted molar refractivity (Wildman–Crippen MR) is 264 cm³/mol. The van der Waals surface area contributed by atoms with E-state index < -0.39 is 28.4 Å². The van der Waals surface area contributed by atoms with Crippen LogP contribution < -0.4 is 30.4 Å². The molecule has 0 radical (unpaired) electrons. The van der Waals surface area contributed by atoms with Crippen LogP contribution in [0.25, 0.3) is 11.4 Å². The summed E-state index contributed by atoms with van der Waals surface area (Å²) in [4.78, 5) is 39.7. The summed E-state index contributed by atoms with van der Waals surface area (Å²) in [6.45, 7) is 14.7. The Morgan fingerprint density at radius 3 is 1.32 bits per heavy atom. The normalized spacial score (nSPS) is 15.4. The maximum absolute atomic E-state index is 13.5. The van der Waals surface area contributed by atoms with Gasteiger partial charge in [0.25, 0.3) is 11.1 Å². The molecule has 22 heteroatoms. The van der Waals surface area contributed by atoms with Gasteiger partial charge in [-0.3, -0.25) is 18.7 Å². The van der Waals surface area contributed by atoms with Gasteiger partial charge < -0.3 is 28.8 Å². The van der Waals surface area contributed by atoms with Crippen LogP contribution in [0.4, 0.5) is 11.6 Å². The first-order valence-corrected chi connectivity index (χ1v) is 28.4. The lowest BCUT2D eigenvalue weighted by atomic mass is 10.2. The minimum absolute atomic E-state index is 0. The smallest absolute Gasteiger partial charge is 0.298 e. The highest BCUT2D eigenvalue weighted by Crippen LogP contribution is 2.36. The van der Waals surface area contributed by atoms with Gasteiger partial charge in [-0.25, -0.2) is 26.8 Å². The average molecular weight is 996 g/mol. The molecule has 0 spiro atoms. The summed E-state index contributed by atoms with van der Waals surface area (Å²) in [5.74, 6) is 2.04. The number of aliphatic hydroxyl groups is 1. The summed E-state index contributed by atoms with van der Waals surface area (Å²) in [7, 11) is -5.17. The van der Waals surface area contributed by atoms with Gasteiger partial charge in [0.2, 0.25) is 20.0 Å². The Bertz CT molecular complexity index is 2560. The Labute approximate surface area is 396 Å². The molecule has 0 unspecified atom stereocenters. The Balaban J connectivity index is 0.000000290. The van der Waals surface area contributed by atoms with E-state index >= 15 is 0 Å². The van der Waals surface area contributed by atoms with Crippen molar-refractivity contribution in [3.8, 4) is 22.9 Å². The lowest BCUT2D eigenvalue weighted by Crippen LogP contribution is -2.50. The summed E-state index contributed by atoms with van der Waals surface area (Å²) < 4.78 is 70.1. The molecule has 4 aromatic rings. The van der Waals surface area contributed by atoms with Crippen molar-refractivity contribution in [2.45, 2.75) is 64.6 Å². The molecule has 2 aromatic heterocycles. The molecule has 1 N–H and O–H groups in total. The molecular formula is C44H67ClN8O10S2Si. The van der Waals surface area contributed by atoms with Crippen molar-refractivity contribution in [3.63, 3.8) is 0 Å². The van der Waals surface area contributed by atoms with Crippen LogP contribution in [0.3, 0.4) is 0 Å². The first-order valence-electron chi connectivity index (χ1n) is 21.7. The summed E-state index contributed by atoms with van der Waals surface area (Å²) in [5.41, 5.74) is 2.39. The molecule has 0 bridgehead atoms. The minimum Gasteiger partial charge on any atom is -0.497 e. The van der Waals surface area contributed by atoms with Gasteiger partial charge in [-0.1, -0.05) is 20.8 Å². The SMILES string of the molecule is COc1ccc(-n2cc(CCCO)nc(N3CCN(S(C)(=O)=O)CC3)c2=O)cc1.COc1ccc(-n2cc(CCCO[Si](C)(C)C(C)(C)C)nc(N3CCN(S(C)(=O)=O)CC3)c2=O)cc1.Cl. The van der Waals surface area contributed by atoms with E-state index in [1.54, 1.807) is 55.4 Å². The second-order valence-corrected chi connectivity index (χ2v) is 26.5. The molecule has 0 saturated carbocycles. The molecule has 4 heterocycles. The Kier molecular flexibility index (Phi) is 19.0. The van der Waals surface area contributed by atoms with Crippen molar-refractivity contribution in [2.75, 3.05) is 102 Å². The zero-order valence-corrected chi connectivity index (χ0v) is 43.0. The highest BCUT2D eigenvalue weighted by Gasteiger charge is 2.37. The Morgan fingerprint density at radius 2 is 1.00 bits per heavy atom. The lowest BCUT2D eigenvalue weighted by Gasteiger charge is -2.36. The van der Waals surface area contributed by atoms with Crippen molar-refractivity contribution in [1.82, 2.24) is 27.7 Å². The van der Waals surface area contributed by atoms with Crippen LogP contribution in [0.5, 0.6) is 11.5 Å². The fourth-order valence-electron chi connectivity index (χ4n) is 7.10. The Hall–Kier alpha value is -4.35. The number of aromatic nitrogens is 4. The van der Waals surface area contributed by atoms with Gasteiger partial charge >= 0.3 is 0 Å². The van der Waals surface area contributed by atoms with Gasteiger partial charge in [-0.15, -0.1) is 12.4 Å². The highest BCUT2D eigenvalue weighted by atomic mass is 35.5. The number of nitrogens with zero attached hydrogens (tertiary/aromatic N) is 8. The average Bonchev–Trinajstić information content (AvgIpc) is 3.27. The molecule has 2 aromatic carbocycles. The summed E-state index contributed by atoms with van der Waals surface area (Å²) in [5, 5.41) is 9.31. The van der Waals surface area contributed by atoms with E-state index in [0.717, 1.165) is 17.8 Å². The number of hydrogen-bond donors (Lipinski definition) is 1. The van der Waals surface area contributed by atoms with Crippen LogP contribution in [0.1, 0.15) is 45.0 Å². The molecular weight excluding hydrogens is 928 g/mol. The monoisotopic (exact) mass is 994 g/mol. The predicted octanol–water partition coefficient (Wildman–Crippen LogP) is 3.95. The summed E-state index contributed by atoms with van der Waals surface area (Å²) in [6.07, 6.45) is 8.42. The standard InChI is InChI=1S/C25H40N4O5SSi.C19H26N4O5S.ClH/c1-25(2,3)36(6,7)34-18-8-9-20-19-29(21-10-12-22(33-4)13-11-21)24(30)23(26-20)27-14-16-28(17-15-27)35(5,31)32;1-28-17-7-5-16(6-8-17)23-14-15(4-3-13-24)20-18(19(23)25)21-9-11-22(12-10-21)29(2,26)27;/h10-13,19H,8-9,14-18H2,1-7H3;5-8,14,24H,3-4,9-13H2,1-2H3;1H. The van der Waals surface area contributed by atoms with Crippen LogP contribution >= 0.6 is 12.4 Å². The van der Waals surface area contributed by atoms with Gasteiger partial charge in [0.05, 0.1) is 38.1 Å². The van der Waals surface area contributed by atoms with E-state index in [-0.39, 0.29) is 35.2 Å². The van der Waals surface area contributed by atoms with E-state index in [9.17, 15) is 26.4 Å². The first kappa shape index (κ1) is 54.3. The van der Waals surface area contributed by atoms with Crippen LogP contribution in [-0.2, 0) is 37.3 Å². The van der Waals surface area contributed by atoms with Gasteiger partial charge in [0, 0.05) is 89.3 Å². The number of benzene rings is 2. The number of hydrogen-bond acceptors (Lipinski definition) is 14. The van der Waals surface area contributed by atoms with E-state index in [4.69, 9.17) is 24.0 Å². The van der Waals surface area contributed by atoms with Crippen molar-refractivity contribution >= 4 is 52.4 Å². The van der Waals surface area contributed by atoms with Crippen molar-refractivity contribution in [3.05, 3.63) is 93.0 Å². The number of sulfonamides is 2. The fraction of sp³-hybridized carbons (Fsp3) is 0.545. The minimum atomic E-state index is -3.26. The van der Waals surface area contributed by atoms with E-state index in [1.165, 1.54) is 25.7 Å². The second kappa shape index (κ2) is 23.1. The van der Waals surface area contributed by atoms with Crippen molar-refractivity contribution in [1.29, 1.82) is 0 Å². The summed E-state index contributed by atoms with van der Waals surface area (Å²) in [6, 6.07) is 14.5. The van der Waals surface area contributed by atoms with E-state index in [0.29, 0.717) is 113 Å². The number of ether oxygens (including phenoxy) is 2. The quantitative estimate of drug-likeness (QED) is 0.125. The number of piperazine rings is 2. The van der Waals surface area contributed by atoms with Crippen LogP contribution in [0.2, 0.25) is 18.1 Å². The maximum Gasteiger partial charge on any atom is 0.298 e. The number of anilines is 2. The van der Waals surface area contributed by atoms with Crippen LogP contribution in [0.15, 0.2) is 70.5 Å². The second-order valence-electron chi connectivity index (χ2n) is 17.7. The molecule has 6 rings (SSSR count). The van der Waals surface area contributed by atoms with E-state index in [2.05, 4.69) is 38.8 Å². The molecule has 2 aliphatic rings. The third-order valence-corrected chi connectivity index (χ3v) is 19.2. The molecule has 366 valence electrons. The third-order valence-electron chi connectivity index (χ3n) is 12.0. The van der Waals surface area contributed by atoms with Gasteiger partial charge in [0.15, 0.2) is 20.0 Å². The van der Waals surface area contributed by atoms with Gasteiger partial charge in [0.1, 0.15) is 11.5 Å². The van der Waals surface area contributed by atoms with Gasteiger partial charge in [-0.2, -0.15) is 8.61 Å². The highest BCUT2D eigenvalue weighted by molar-refractivity contribution is 7.88. The van der Waals surface area contributed by atoms with Crippen LogP contribution in [0, 0.1) is 0 Å². The fourth-order valence-corrected chi connectivity index (χ4v) is 9.84. The number of aryl methyl sites for hydroxylation is 2. The number of rotatable bonds is 16. The van der Waals surface area contributed by atoms with Gasteiger partial charge in [-0.05, 0) is 92.3 Å². The zero-order valence-electron chi connectivity index (χ0n) is 39.6. The topological polar surface area (TPSA) is 199 Å². The largest absolute Gasteiger partial charge is 0.497 e. The van der Waals surface area contributed by atoms with Crippen molar-refractivity contribution < 1.29 is 35.8 Å². The molecule has 18 nitrogen and oxygen atoms in total.